The molecule has 8 heteroatoms. The van der Waals surface area contributed by atoms with Gasteiger partial charge in [-0.3, -0.25) is 5.43 Å². The minimum absolute atomic E-state index is 0.0273. The van der Waals surface area contributed by atoms with E-state index in [1.165, 1.54) is 6.92 Å². The van der Waals surface area contributed by atoms with E-state index in [1.54, 1.807) is 24.3 Å². The molecule has 126 valence electrons. The molecule has 0 spiro atoms. The number of hydrazine groups is 1. The summed E-state index contributed by atoms with van der Waals surface area (Å²) in [7, 11) is 0. The number of carbonyl (C=O) groups excluding carboxylic acids is 1. The Bertz CT molecular complexity index is 613. The van der Waals surface area contributed by atoms with Crippen molar-refractivity contribution in [1.82, 2.24) is 10.4 Å². The molecule has 0 bridgehead atoms. The molecule has 23 heavy (non-hydrogen) atoms. The Hall–Kier alpha value is -2.22. The van der Waals surface area contributed by atoms with Gasteiger partial charge in [0.15, 0.2) is 0 Å². The number of halogens is 3. The highest BCUT2D eigenvalue weighted by atomic mass is 19.4. The van der Waals surface area contributed by atoms with Crippen molar-refractivity contribution in [3.8, 4) is 0 Å². The number of rotatable bonds is 3. The summed E-state index contributed by atoms with van der Waals surface area (Å²) < 4.78 is 44.2. The predicted octanol–water partition coefficient (Wildman–Crippen LogP) is 2.82. The summed E-state index contributed by atoms with van der Waals surface area (Å²) in [5, 5.41) is 10.0. The van der Waals surface area contributed by atoms with Gasteiger partial charge in [0.25, 0.3) is 5.72 Å². The largest absolute Gasteiger partial charge is 0.448 e. The minimum Gasteiger partial charge on any atom is -0.448 e. The van der Waals surface area contributed by atoms with Crippen LogP contribution in [-0.4, -0.2) is 34.7 Å². The number of alkyl halides is 3. The number of nitrogens with zero attached hydrogens (tertiary/aromatic N) is 1. The van der Waals surface area contributed by atoms with Crippen LogP contribution >= 0.6 is 0 Å². The van der Waals surface area contributed by atoms with E-state index in [4.69, 9.17) is 0 Å². The molecule has 2 N–H and O–H groups in total. The number of hydrogen-bond donors (Lipinski definition) is 2. The van der Waals surface area contributed by atoms with Crippen LogP contribution in [-0.2, 0) is 11.2 Å². The van der Waals surface area contributed by atoms with E-state index < -0.39 is 18.0 Å². The van der Waals surface area contributed by atoms with E-state index in [1.807, 2.05) is 6.92 Å². The third-order valence-electron chi connectivity index (χ3n) is 3.46. The Morgan fingerprint density at radius 1 is 1.30 bits per heavy atom. The van der Waals surface area contributed by atoms with Gasteiger partial charge in [0.2, 0.25) is 0 Å². The molecular formula is C15H17F3N2O3. The van der Waals surface area contributed by atoms with Crippen molar-refractivity contribution in [3.63, 3.8) is 0 Å². The van der Waals surface area contributed by atoms with Crippen LogP contribution in [0.3, 0.4) is 0 Å². The molecule has 1 amide bonds. The van der Waals surface area contributed by atoms with Crippen LogP contribution in [0.1, 0.15) is 25.0 Å². The number of carbonyl (C=O) groups is 1. The molecular weight excluding hydrogens is 313 g/mol. The predicted molar refractivity (Wildman–Crippen MR) is 76.8 cm³/mol. The summed E-state index contributed by atoms with van der Waals surface area (Å²) in [6.07, 6.45) is -5.06. The first-order chi connectivity index (χ1) is 10.7. The van der Waals surface area contributed by atoms with Crippen LogP contribution in [0.2, 0.25) is 0 Å². The van der Waals surface area contributed by atoms with E-state index in [2.05, 4.69) is 10.2 Å². The Morgan fingerprint density at radius 3 is 2.39 bits per heavy atom. The van der Waals surface area contributed by atoms with Gasteiger partial charge >= 0.3 is 12.3 Å². The maximum atomic E-state index is 13.2. The van der Waals surface area contributed by atoms with E-state index in [0.29, 0.717) is 11.6 Å². The van der Waals surface area contributed by atoms with Crippen molar-refractivity contribution in [2.24, 2.45) is 0 Å². The molecule has 1 aromatic rings. The molecule has 0 aromatic heterocycles. The monoisotopic (exact) mass is 330 g/mol. The summed E-state index contributed by atoms with van der Waals surface area (Å²) in [6, 6.07) is 6.75. The number of aliphatic hydroxyl groups is 1. The lowest BCUT2D eigenvalue weighted by Crippen LogP contribution is -2.60. The minimum atomic E-state index is -5.09. The SMILES string of the molecule is CCOC(=O)N1NC(c2ccc(CC)cc2)=CC1(O)C(F)(F)F. The molecule has 1 aliphatic rings. The number of hydrogen-bond acceptors (Lipinski definition) is 4. The normalized spacial score (nSPS) is 21.0. The standard InChI is InChI=1S/C15H17F3N2O3/c1-3-10-5-7-11(8-6-10)12-9-14(22,15(16,17)18)20(19-12)13(21)23-4-2/h5-9,19,22H,3-4H2,1-2H3. The first kappa shape index (κ1) is 17.1. The second-order valence-electron chi connectivity index (χ2n) is 4.98. The van der Waals surface area contributed by atoms with Crippen molar-refractivity contribution in [3.05, 3.63) is 41.5 Å². The first-order valence-electron chi connectivity index (χ1n) is 7.07. The van der Waals surface area contributed by atoms with Gasteiger partial charge in [-0.2, -0.15) is 18.2 Å². The molecule has 1 aromatic carbocycles. The number of nitrogens with one attached hydrogen (secondary N) is 1. The Morgan fingerprint density at radius 2 is 1.91 bits per heavy atom. The van der Waals surface area contributed by atoms with Crippen molar-refractivity contribution in [1.29, 1.82) is 0 Å². The average Bonchev–Trinajstić information content (AvgIpc) is 2.87. The van der Waals surface area contributed by atoms with Crippen molar-refractivity contribution >= 4 is 11.8 Å². The van der Waals surface area contributed by atoms with Gasteiger partial charge in [-0.05, 0) is 24.5 Å². The van der Waals surface area contributed by atoms with Gasteiger partial charge in [0.05, 0.1) is 12.3 Å². The highest BCUT2D eigenvalue weighted by Gasteiger charge is 2.62. The van der Waals surface area contributed by atoms with E-state index in [-0.39, 0.29) is 17.3 Å². The molecule has 0 radical (unpaired) electrons. The first-order valence-corrected chi connectivity index (χ1v) is 7.07. The highest BCUT2D eigenvalue weighted by Crippen LogP contribution is 2.39. The molecule has 0 aliphatic carbocycles. The van der Waals surface area contributed by atoms with Crippen LogP contribution < -0.4 is 5.43 Å². The fourth-order valence-corrected chi connectivity index (χ4v) is 2.15. The molecule has 0 saturated carbocycles. The third-order valence-corrected chi connectivity index (χ3v) is 3.46. The number of ether oxygens (including phenoxy) is 1. The maximum Gasteiger partial charge on any atom is 0.442 e. The van der Waals surface area contributed by atoms with Gasteiger partial charge in [0, 0.05) is 6.08 Å². The maximum absolute atomic E-state index is 13.2. The lowest BCUT2D eigenvalue weighted by Gasteiger charge is -2.32. The van der Waals surface area contributed by atoms with Crippen LogP contribution in [0.15, 0.2) is 30.3 Å². The van der Waals surface area contributed by atoms with Crippen LogP contribution in [0.5, 0.6) is 0 Å². The van der Waals surface area contributed by atoms with Gasteiger partial charge < -0.3 is 9.84 Å². The third kappa shape index (κ3) is 3.12. The second kappa shape index (κ2) is 6.11. The van der Waals surface area contributed by atoms with E-state index in [0.717, 1.165) is 12.0 Å². The molecule has 1 heterocycles. The summed E-state index contributed by atoms with van der Waals surface area (Å²) in [5.41, 5.74) is 0.203. The van der Waals surface area contributed by atoms with Gasteiger partial charge in [0.1, 0.15) is 0 Å². The molecule has 0 fully saturated rings. The summed E-state index contributed by atoms with van der Waals surface area (Å²) in [6.45, 7) is 3.29. The molecule has 5 nitrogen and oxygen atoms in total. The lowest BCUT2D eigenvalue weighted by molar-refractivity contribution is -0.285. The van der Waals surface area contributed by atoms with Crippen molar-refractivity contribution in [2.45, 2.75) is 32.2 Å². The Balaban J connectivity index is 2.38. The fourth-order valence-electron chi connectivity index (χ4n) is 2.15. The second-order valence-corrected chi connectivity index (χ2v) is 4.98. The zero-order valence-electron chi connectivity index (χ0n) is 12.6. The molecule has 2 rings (SSSR count). The Kier molecular flexibility index (Phi) is 4.56. The van der Waals surface area contributed by atoms with Crippen molar-refractivity contribution in [2.75, 3.05) is 6.61 Å². The fraction of sp³-hybridized carbons (Fsp3) is 0.400. The van der Waals surface area contributed by atoms with E-state index >= 15 is 0 Å². The van der Waals surface area contributed by atoms with Gasteiger partial charge in [-0.15, -0.1) is 0 Å². The number of benzene rings is 1. The van der Waals surface area contributed by atoms with Crippen LogP contribution in [0.25, 0.3) is 5.70 Å². The van der Waals surface area contributed by atoms with E-state index in [9.17, 15) is 23.1 Å². The average molecular weight is 330 g/mol. The highest BCUT2D eigenvalue weighted by molar-refractivity contribution is 5.76. The summed E-state index contributed by atoms with van der Waals surface area (Å²) >= 11 is 0. The number of aryl methyl sites for hydroxylation is 1. The van der Waals surface area contributed by atoms with Crippen LogP contribution in [0.4, 0.5) is 18.0 Å². The summed E-state index contributed by atoms with van der Waals surface area (Å²) in [4.78, 5) is 11.7. The lowest BCUT2D eigenvalue weighted by atomic mass is 10.1. The molecule has 1 unspecified atom stereocenters. The summed E-state index contributed by atoms with van der Waals surface area (Å²) in [5.74, 6) is 0. The quantitative estimate of drug-likeness (QED) is 0.895. The topological polar surface area (TPSA) is 61.8 Å². The van der Waals surface area contributed by atoms with Crippen molar-refractivity contribution < 1.29 is 27.8 Å². The molecule has 1 aliphatic heterocycles. The zero-order chi connectivity index (χ0) is 17.3. The zero-order valence-corrected chi connectivity index (χ0v) is 12.6. The van der Waals surface area contributed by atoms with Crippen LogP contribution in [0, 0.1) is 0 Å². The van der Waals surface area contributed by atoms with Gasteiger partial charge in [-0.25, -0.2) is 4.79 Å². The molecule has 0 saturated heterocycles. The molecule has 1 atom stereocenters. The Labute approximate surface area is 131 Å². The number of amides is 1. The van der Waals surface area contributed by atoms with Gasteiger partial charge in [-0.1, -0.05) is 31.2 Å². The smallest absolute Gasteiger partial charge is 0.442 e.